The van der Waals surface area contributed by atoms with E-state index in [-0.39, 0.29) is 16.7 Å². The zero-order valence-electron chi connectivity index (χ0n) is 53.1. The fourth-order valence-electron chi connectivity index (χ4n) is 12.3. The number of aliphatic carboxylic acids is 4. The highest BCUT2D eigenvalue weighted by Crippen LogP contribution is 2.51. The maximum Gasteiger partial charge on any atom is 0.327 e. The Labute approximate surface area is 568 Å². The molecule has 0 aromatic heterocycles. The minimum atomic E-state index is -1.84. The van der Waals surface area contributed by atoms with E-state index in [0.717, 1.165) is 35.3 Å². The van der Waals surface area contributed by atoms with E-state index in [9.17, 15) is 54.0 Å². The van der Waals surface area contributed by atoms with Gasteiger partial charge in [0.25, 0.3) is 0 Å². The van der Waals surface area contributed by atoms with E-state index < -0.39 is 184 Å². The number of nitrogens with zero attached hydrogens (tertiary/aromatic N) is 1. The second-order valence-corrected chi connectivity index (χ2v) is 32.9. The van der Waals surface area contributed by atoms with Gasteiger partial charge in [0.05, 0.1) is 16.1 Å². The van der Waals surface area contributed by atoms with Crippen LogP contribution in [0.3, 0.4) is 0 Å². The molecule has 32 heteroatoms. The van der Waals surface area contributed by atoms with Crippen LogP contribution in [0.2, 0.25) is 0 Å². The van der Waals surface area contributed by atoms with E-state index in [1.165, 1.54) is 65.2 Å². The van der Waals surface area contributed by atoms with E-state index in [2.05, 4.69) is 53.2 Å². The Hall–Kier alpha value is -8.24. The molecule has 6 unspecified atom stereocenters. The summed E-state index contributed by atoms with van der Waals surface area (Å²) in [6, 6.07) is 13.3. The number of carboxylic acids is 4. The van der Waals surface area contributed by atoms with Gasteiger partial charge in [-0.05, 0) is 77.6 Å². The Kier molecular flexibility index (Phi) is 21.6. The van der Waals surface area contributed by atoms with Crippen molar-refractivity contribution in [3.8, 4) is 0 Å². The molecule has 28 nitrogen and oxygen atoms in total. The second kappa shape index (κ2) is 28.8. The normalized spacial score (nSPS) is 26.2. The van der Waals surface area contributed by atoms with Gasteiger partial charge in [-0.15, -0.1) is 47.0 Å². The van der Waals surface area contributed by atoms with Gasteiger partial charge in [-0.1, -0.05) is 121 Å². The highest BCUT2D eigenvalue weighted by atomic mass is 32.2. The summed E-state index contributed by atoms with van der Waals surface area (Å²) in [5, 5.41) is 64.3. The molecule has 8 amide bonds. The lowest BCUT2D eigenvalue weighted by Gasteiger charge is -2.44. The number of benzene rings is 4. The van der Waals surface area contributed by atoms with Crippen molar-refractivity contribution in [1.29, 1.82) is 0 Å². The molecule has 4 aromatic carbocycles. The molecule has 9 rings (SSSR count). The Bertz CT molecular complexity index is 3680. The molecule has 4 aromatic rings. The van der Waals surface area contributed by atoms with Gasteiger partial charge in [0.2, 0.25) is 47.3 Å². The summed E-state index contributed by atoms with van der Waals surface area (Å²) in [7, 11) is 0. The van der Waals surface area contributed by atoms with Crippen molar-refractivity contribution in [2.45, 2.75) is 168 Å². The number of thioether (sulfide) groups is 4. The van der Waals surface area contributed by atoms with Crippen molar-refractivity contribution in [3.63, 3.8) is 0 Å². The third-order valence-corrected chi connectivity index (χ3v) is 23.3. The maximum absolute atomic E-state index is 15.5. The molecule has 16 N–H and O–H groups in total. The lowest BCUT2D eigenvalue weighted by molar-refractivity contribution is -0.161. The number of carbonyl (C=O) groups is 12. The van der Waals surface area contributed by atoms with Gasteiger partial charge in [-0.25, -0.2) is 4.79 Å². The molecule has 5 aliphatic heterocycles. The smallest absolute Gasteiger partial charge is 0.327 e. The van der Waals surface area contributed by atoms with Crippen LogP contribution in [0.15, 0.2) is 121 Å². The van der Waals surface area contributed by atoms with E-state index in [1.54, 1.807) is 128 Å². The quantitative estimate of drug-likeness (QED) is 0.0412. The van der Waals surface area contributed by atoms with Gasteiger partial charge >= 0.3 is 23.9 Å². The molecule has 5 fully saturated rings. The molecule has 5 aliphatic rings. The lowest BCUT2D eigenvalue weighted by Crippen LogP contribution is -2.71. The zero-order chi connectivity index (χ0) is 70.1. The van der Waals surface area contributed by atoms with E-state index in [0.29, 0.717) is 5.56 Å². The number of amides is 8. The van der Waals surface area contributed by atoms with Crippen LogP contribution in [0.4, 0.5) is 0 Å². The Morgan fingerprint density at radius 2 is 0.708 bits per heavy atom. The molecule has 512 valence electrons. The van der Waals surface area contributed by atoms with Gasteiger partial charge in [0, 0.05) is 19.0 Å². The van der Waals surface area contributed by atoms with Gasteiger partial charge in [0.15, 0.2) is 0 Å². The van der Waals surface area contributed by atoms with Crippen LogP contribution in [0, 0.1) is 0 Å². The summed E-state index contributed by atoms with van der Waals surface area (Å²) >= 11 is 4.15. The number of carboxylic acid groups (broad SMARTS) is 4. The molecule has 5 saturated heterocycles. The Balaban J connectivity index is 1.04. The molecule has 0 saturated carbocycles. The number of β-lactam (4-membered cyclic amide) rings is 1. The zero-order valence-corrected chi connectivity index (χ0v) is 56.4. The number of hydrogen-bond donors (Lipinski definition) is 15. The van der Waals surface area contributed by atoms with Gasteiger partial charge < -0.3 is 68.3 Å². The number of rotatable bonds is 25. The number of carbonyl (C=O) groups excluding carboxylic acids is 8. The maximum atomic E-state index is 15.5. The number of fused-ring (bicyclic) bond motifs is 1. The second-order valence-electron chi connectivity index (χ2n) is 25.7. The fourth-order valence-corrected chi connectivity index (χ4v) is 18.4. The van der Waals surface area contributed by atoms with Gasteiger partial charge in [-0.3, -0.25) is 68.7 Å². The van der Waals surface area contributed by atoms with Crippen molar-refractivity contribution in [3.05, 3.63) is 144 Å². The largest absolute Gasteiger partial charge is 0.480 e. The van der Waals surface area contributed by atoms with Crippen molar-refractivity contribution in [2.75, 3.05) is 0 Å². The average molecular weight is 1400 g/mol. The Morgan fingerprint density at radius 1 is 0.406 bits per heavy atom. The van der Waals surface area contributed by atoms with E-state index in [4.69, 9.17) is 5.73 Å². The predicted octanol–water partition coefficient (Wildman–Crippen LogP) is 1.03. The fraction of sp³-hybridized carbons (Fsp3) is 0.438. The van der Waals surface area contributed by atoms with Crippen LogP contribution in [-0.2, 0) is 57.5 Å². The topological polar surface area (TPSA) is 435 Å². The van der Waals surface area contributed by atoms with E-state index >= 15 is 24.0 Å². The summed E-state index contributed by atoms with van der Waals surface area (Å²) in [6.45, 7) is 13.0. The standard InChI is InChI=1S/C64H76N12O16S4/c1-61(2)41(57(85)86)73-52(93-61)37(69-45(77)33(65)29-21-13-9-14-22-29)49(81)66-34(30-23-15-10-16-24-30)46(78)70-38(53-74-42(58(87)88)62(3,4)94-53)50(82)67-35(31-25-17-11-18-26-31)47(79)71-39(54-75-43(59(89)90)63(5,6)95-54)51(83)68-36(32-27-19-12-20-28-32)48(80)72-40-55(84)76-44(60(91)92)64(7,8)96-56(40)76/h9-28,33-44,52-54,56,73-75H,65H2,1-8H3,(H,66,81)(H,67,82)(H,68,83)(H,69,77)(H,70,78)(H,71,79)(H,72,80)(H,85,86)(H,87,88)(H,89,90)(H,91,92)/t33-,34-,35-,36-,37?,38?,39?,40-,41+,42+,43+,44+,52?,53?,54?,56-/m1/s1. The third-order valence-electron chi connectivity index (χ3n) is 17.2. The molecule has 0 spiro atoms. The number of nitrogens with two attached hydrogens (primary N) is 1. The summed E-state index contributed by atoms with van der Waals surface area (Å²) in [5.74, 6) is -12.8. The molecule has 5 heterocycles. The van der Waals surface area contributed by atoms with Crippen molar-refractivity contribution < 1.29 is 78.0 Å². The molecule has 16 atom stereocenters. The van der Waals surface area contributed by atoms with Crippen LogP contribution in [0.1, 0.15) is 102 Å². The number of nitrogens with one attached hydrogen (secondary N) is 10. The summed E-state index contributed by atoms with van der Waals surface area (Å²) < 4.78 is -4.35. The van der Waals surface area contributed by atoms with Crippen LogP contribution >= 0.6 is 47.0 Å². The minimum Gasteiger partial charge on any atom is -0.480 e. The molecule has 96 heavy (non-hydrogen) atoms. The predicted molar refractivity (Wildman–Crippen MR) is 357 cm³/mol. The molecular weight excluding hydrogens is 1320 g/mol. The first-order valence-electron chi connectivity index (χ1n) is 30.4. The van der Waals surface area contributed by atoms with Crippen LogP contribution in [0.5, 0.6) is 0 Å². The van der Waals surface area contributed by atoms with Gasteiger partial charge in [-0.2, -0.15) is 0 Å². The first kappa shape index (κ1) is 72.0. The molecular formula is C64H76N12O16S4. The molecule has 0 bridgehead atoms. The number of hydrogen-bond acceptors (Lipinski definition) is 20. The average Bonchev–Trinajstić information content (AvgIpc) is 1.55. The summed E-state index contributed by atoms with van der Waals surface area (Å²) in [5.41, 5.74) is 7.23. The molecule has 0 aliphatic carbocycles. The van der Waals surface area contributed by atoms with Crippen LogP contribution in [-0.4, -0.2) is 185 Å². The SMILES string of the molecule is CC1(C)S[C@@H]2[C@H](NC(=O)[C@H](NC(=O)C(NC(=O)[C@H](NC(=O)C(NC(=O)[C@H](NC(=O)C(NC(=O)[C@H](N)c3ccccc3)C3N[C@@H](C(=O)O)C(C)(C)S3)c3ccccc3)C3N[C@@H](C(=O)O)C(C)(C)S3)c3ccccc3)C3N[C@@H](C(=O)O)C(C)(C)S3)c3ccccc3)C(=O)N2[C@H]1C(=O)O. The summed E-state index contributed by atoms with van der Waals surface area (Å²) in [6.07, 6.45) is 0. The van der Waals surface area contributed by atoms with Crippen LogP contribution < -0.4 is 58.9 Å². The highest BCUT2D eigenvalue weighted by molar-refractivity contribution is 8.02. The van der Waals surface area contributed by atoms with Crippen molar-refractivity contribution in [2.24, 2.45) is 5.73 Å². The molecule has 0 radical (unpaired) electrons. The van der Waals surface area contributed by atoms with Crippen molar-refractivity contribution >= 4 is 118 Å². The third kappa shape index (κ3) is 15.4. The summed E-state index contributed by atoms with van der Waals surface area (Å²) in [4.78, 5) is 171. The monoisotopic (exact) mass is 1400 g/mol. The van der Waals surface area contributed by atoms with Crippen molar-refractivity contribution in [1.82, 2.24) is 58.1 Å². The van der Waals surface area contributed by atoms with Gasteiger partial charge in [0.1, 0.15) is 77.9 Å². The first-order valence-corrected chi connectivity index (χ1v) is 33.9. The lowest BCUT2D eigenvalue weighted by atomic mass is 9.95. The van der Waals surface area contributed by atoms with Crippen LogP contribution in [0.25, 0.3) is 0 Å². The van der Waals surface area contributed by atoms with E-state index in [1.807, 2.05) is 0 Å². The minimum absolute atomic E-state index is 0.0965. The first-order chi connectivity index (χ1) is 45.1. The highest BCUT2D eigenvalue weighted by Gasteiger charge is 2.65. The Morgan fingerprint density at radius 3 is 1.01 bits per heavy atom.